The maximum absolute atomic E-state index is 6.09. The van der Waals surface area contributed by atoms with Gasteiger partial charge < -0.3 is 9.47 Å². The molecule has 2 aromatic rings. The molecule has 0 saturated heterocycles. The second-order valence-corrected chi connectivity index (χ2v) is 5.11. The van der Waals surface area contributed by atoms with Crippen molar-refractivity contribution in [3.63, 3.8) is 0 Å². The molecule has 0 fully saturated rings. The zero-order chi connectivity index (χ0) is 13.1. The van der Waals surface area contributed by atoms with Gasteiger partial charge in [-0.2, -0.15) is 0 Å². The summed E-state index contributed by atoms with van der Waals surface area (Å²) in [6.07, 6.45) is 0. The summed E-state index contributed by atoms with van der Waals surface area (Å²) in [5, 5.41) is 0.841. The largest absolute Gasteiger partial charge is 0.493 e. The minimum absolute atomic E-state index is 0.394. The molecule has 0 aliphatic carbocycles. The van der Waals surface area contributed by atoms with E-state index >= 15 is 0 Å². The van der Waals surface area contributed by atoms with E-state index in [1.165, 1.54) is 0 Å². The number of halogens is 3. The second-order valence-electron chi connectivity index (χ2n) is 3.38. The summed E-state index contributed by atoms with van der Waals surface area (Å²) in [6.45, 7) is 0. The van der Waals surface area contributed by atoms with E-state index in [0.29, 0.717) is 27.3 Å². The lowest BCUT2D eigenvalue weighted by atomic mass is 10.3. The van der Waals surface area contributed by atoms with Gasteiger partial charge in [0.15, 0.2) is 17.2 Å². The molecule has 1 radical (unpaired) electrons. The molecule has 0 heterocycles. The minimum Gasteiger partial charge on any atom is -0.493 e. The molecule has 0 saturated carbocycles. The van der Waals surface area contributed by atoms with E-state index in [9.17, 15) is 0 Å². The molecule has 2 rings (SSSR count). The molecule has 2 nitrogen and oxygen atoms in total. The highest BCUT2D eigenvalue weighted by molar-refractivity contribution is 9.10. The third kappa shape index (κ3) is 2.91. The number of rotatable bonds is 3. The van der Waals surface area contributed by atoms with Gasteiger partial charge in [-0.15, -0.1) is 0 Å². The molecule has 0 spiro atoms. The van der Waals surface area contributed by atoms with Crippen molar-refractivity contribution in [2.75, 3.05) is 7.11 Å². The Bertz CT molecular complexity index is 550. The van der Waals surface area contributed by atoms with Crippen LogP contribution in [0.2, 0.25) is 10.0 Å². The molecule has 18 heavy (non-hydrogen) atoms. The zero-order valence-corrected chi connectivity index (χ0v) is 12.4. The maximum atomic E-state index is 6.09. The SMILES string of the molecule is COc1c[c]ccc1Oc1c(Cl)cc(Br)cc1Cl. The average molecular weight is 347 g/mol. The molecular formula is C13H8BrCl2O2. The topological polar surface area (TPSA) is 18.5 Å². The monoisotopic (exact) mass is 345 g/mol. The Morgan fingerprint density at radius 2 is 1.83 bits per heavy atom. The Balaban J connectivity index is 2.40. The highest BCUT2D eigenvalue weighted by Gasteiger charge is 2.12. The number of benzene rings is 2. The van der Waals surface area contributed by atoms with Crippen LogP contribution in [0, 0.1) is 6.07 Å². The number of methoxy groups -OCH3 is 1. The average Bonchev–Trinajstić information content (AvgIpc) is 2.34. The van der Waals surface area contributed by atoms with E-state index in [2.05, 4.69) is 22.0 Å². The molecule has 5 heteroatoms. The fourth-order valence-corrected chi connectivity index (χ4v) is 2.67. The van der Waals surface area contributed by atoms with Gasteiger partial charge in [-0.25, -0.2) is 0 Å². The highest BCUT2D eigenvalue weighted by Crippen LogP contribution is 2.40. The molecule has 0 aromatic heterocycles. The summed E-state index contributed by atoms with van der Waals surface area (Å²) in [6, 6.07) is 11.5. The van der Waals surface area contributed by atoms with Crippen LogP contribution in [-0.4, -0.2) is 7.11 Å². The first kappa shape index (κ1) is 13.5. The third-order valence-corrected chi connectivity index (χ3v) is 3.20. The van der Waals surface area contributed by atoms with Crippen molar-refractivity contribution >= 4 is 39.1 Å². The summed E-state index contributed by atoms with van der Waals surface area (Å²) >= 11 is 15.5. The van der Waals surface area contributed by atoms with E-state index in [1.54, 1.807) is 37.4 Å². The summed E-state index contributed by atoms with van der Waals surface area (Å²) in [7, 11) is 1.56. The molecule has 0 N–H and O–H groups in total. The summed E-state index contributed by atoms with van der Waals surface area (Å²) in [5.41, 5.74) is 0. The van der Waals surface area contributed by atoms with Crippen molar-refractivity contribution in [3.8, 4) is 17.2 Å². The zero-order valence-electron chi connectivity index (χ0n) is 9.34. The van der Waals surface area contributed by atoms with E-state index in [-0.39, 0.29) is 0 Å². The van der Waals surface area contributed by atoms with Crippen LogP contribution in [0.5, 0.6) is 17.2 Å². The molecule has 0 amide bonds. The minimum atomic E-state index is 0.394. The van der Waals surface area contributed by atoms with Crippen molar-refractivity contribution in [2.45, 2.75) is 0 Å². The predicted octanol–water partition coefficient (Wildman–Crippen LogP) is 5.36. The standard InChI is InChI=1S/C13H8BrCl2O2/c1-17-11-4-2-3-5-12(11)18-13-9(15)6-8(14)7-10(13)16/h3-7H,1H3. The second kappa shape index (κ2) is 5.83. The van der Waals surface area contributed by atoms with Crippen LogP contribution < -0.4 is 9.47 Å². The Kier molecular flexibility index (Phi) is 4.38. The van der Waals surface area contributed by atoms with Crippen molar-refractivity contribution in [3.05, 3.63) is 50.9 Å². The fraction of sp³-hybridized carbons (Fsp3) is 0.0769. The van der Waals surface area contributed by atoms with E-state index in [0.717, 1.165) is 4.47 Å². The molecule has 0 atom stereocenters. The lowest BCUT2D eigenvalue weighted by Gasteiger charge is -2.12. The van der Waals surface area contributed by atoms with E-state index in [1.807, 2.05) is 0 Å². The van der Waals surface area contributed by atoms with Gasteiger partial charge >= 0.3 is 0 Å². The first-order valence-electron chi connectivity index (χ1n) is 4.98. The predicted molar refractivity (Wildman–Crippen MR) is 76.1 cm³/mol. The Morgan fingerprint density at radius 1 is 1.17 bits per heavy atom. The molecule has 0 unspecified atom stereocenters. The number of hydrogen-bond donors (Lipinski definition) is 0. The summed E-state index contributed by atoms with van der Waals surface area (Å²) in [4.78, 5) is 0. The van der Waals surface area contributed by atoms with Gasteiger partial charge in [-0.05, 0) is 30.3 Å². The third-order valence-electron chi connectivity index (χ3n) is 2.18. The van der Waals surface area contributed by atoms with Gasteiger partial charge in [0, 0.05) is 4.47 Å². The van der Waals surface area contributed by atoms with Crippen molar-refractivity contribution in [1.29, 1.82) is 0 Å². The van der Waals surface area contributed by atoms with Gasteiger partial charge in [0.05, 0.1) is 17.2 Å². The number of ether oxygens (including phenoxy) is 2. The first-order chi connectivity index (χ1) is 8.61. The summed E-state index contributed by atoms with van der Waals surface area (Å²) < 4.78 is 11.6. The molecule has 93 valence electrons. The molecule has 2 aromatic carbocycles. The normalized spacial score (nSPS) is 10.2. The van der Waals surface area contributed by atoms with Gasteiger partial charge in [-0.1, -0.05) is 45.2 Å². The van der Waals surface area contributed by atoms with Gasteiger partial charge in [0.25, 0.3) is 0 Å². The van der Waals surface area contributed by atoms with Crippen LogP contribution in [0.4, 0.5) is 0 Å². The van der Waals surface area contributed by atoms with E-state index in [4.69, 9.17) is 32.7 Å². The lowest BCUT2D eigenvalue weighted by Crippen LogP contribution is -1.91. The Labute approximate surface area is 124 Å². The Morgan fingerprint density at radius 3 is 2.44 bits per heavy atom. The van der Waals surface area contributed by atoms with Crippen LogP contribution in [0.3, 0.4) is 0 Å². The lowest BCUT2D eigenvalue weighted by molar-refractivity contribution is 0.379. The van der Waals surface area contributed by atoms with Crippen LogP contribution >= 0.6 is 39.1 Å². The van der Waals surface area contributed by atoms with Gasteiger partial charge in [0.1, 0.15) is 0 Å². The maximum Gasteiger partial charge on any atom is 0.169 e. The van der Waals surface area contributed by atoms with Crippen molar-refractivity contribution in [1.82, 2.24) is 0 Å². The highest BCUT2D eigenvalue weighted by atomic mass is 79.9. The fourth-order valence-electron chi connectivity index (χ4n) is 1.38. The van der Waals surface area contributed by atoms with Crippen LogP contribution in [0.25, 0.3) is 0 Å². The van der Waals surface area contributed by atoms with Gasteiger partial charge in [0.2, 0.25) is 0 Å². The smallest absolute Gasteiger partial charge is 0.169 e. The van der Waals surface area contributed by atoms with Gasteiger partial charge in [-0.3, -0.25) is 0 Å². The first-order valence-corrected chi connectivity index (χ1v) is 6.53. The van der Waals surface area contributed by atoms with Crippen LogP contribution in [0.15, 0.2) is 34.8 Å². The summed E-state index contributed by atoms with van der Waals surface area (Å²) in [5.74, 6) is 1.49. The molecular weight excluding hydrogens is 339 g/mol. The van der Waals surface area contributed by atoms with E-state index < -0.39 is 0 Å². The Hall–Kier alpha value is -0.900. The van der Waals surface area contributed by atoms with Crippen LogP contribution in [0.1, 0.15) is 0 Å². The molecule has 0 bridgehead atoms. The quantitative estimate of drug-likeness (QED) is 0.745. The van der Waals surface area contributed by atoms with Crippen molar-refractivity contribution in [2.24, 2.45) is 0 Å². The molecule has 0 aliphatic heterocycles. The van der Waals surface area contributed by atoms with Crippen molar-refractivity contribution < 1.29 is 9.47 Å². The number of hydrogen-bond acceptors (Lipinski definition) is 2. The van der Waals surface area contributed by atoms with Crippen LogP contribution in [-0.2, 0) is 0 Å². The molecule has 0 aliphatic rings.